The number of hydrogen-bond donors (Lipinski definition) is 1. The van der Waals surface area contributed by atoms with Gasteiger partial charge in [0.05, 0.1) is 17.6 Å². The van der Waals surface area contributed by atoms with E-state index in [2.05, 4.69) is 9.55 Å². The first-order valence-corrected chi connectivity index (χ1v) is 8.27. The molecule has 2 aromatic heterocycles. The second kappa shape index (κ2) is 6.69. The Hall–Kier alpha value is -3.27. The Kier molecular flexibility index (Phi) is 4.09. The number of nitrogens with one attached hydrogen (secondary N) is 1. The van der Waals surface area contributed by atoms with E-state index in [1.807, 2.05) is 79.1 Å². The normalized spacial score (nSPS) is 10.9. The maximum absolute atomic E-state index is 12.5. The van der Waals surface area contributed by atoms with Gasteiger partial charge < -0.3 is 14.3 Å². The largest absolute Gasteiger partial charge is 0.489 e. The molecule has 0 saturated heterocycles. The molecule has 124 valence electrons. The molecule has 2 aromatic carbocycles. The number of rotatable bonds is 5. The van der Waals surface area contributed by atoms with Crippen LogP contribution in [0.4, 0.5) is 0 Å². The Balaban J connectivity index is 1.78. The third-order valence-electron chi connectivity index (χ3n) is 4.21. The Morgan fingerprint density at radius 1 is 0.840 bits per heavy atom. The zero-order chi connectivity index (χ0) is 17.1. The molecule has 2 heterocycles. The summed E-state index contributed by atoms with van der Waals surface area (Å²) in [4.78, 5) is 15.5. The highest BCUT2D eigenvalue weighted by atomic mass is 16.5. The van der Waals surface area contributed by atoms with Crippen molar-refractivity contribution in [2.75, 3.05) is 6.61 Å². The van der Waals surface area contributed by atoms with Crippen LogP contribution < -0.4 is 10.3 Å². The standard InChI is InChI=1S/C21H18N2O2/c24-21-18-11-5-4-10-17(18)20(25-15-14-23-12-6-7-13-23)19(22-21)16-8-2-1-3-9-16/h1-13H,14-15H2,(H,22,24). The summed E-state index contributed by atoms with van der Waals surface area (Å²) in [6.45, 7) is 1.26. The summed E-state index contributed by atoms with van der Waals surface area (Å²) in [5, 5.41) is 1.47. The van der Waals surface area contributed by atoms with Crippen LogP contribution in [0.15, 0.2) is 83.9 Å². The van der Waals surface area contributed by atoms with E-state index in [1.54, 1.807) is 0 Å². The first kappa shape index (κ1) is 15.3. The summed E-state index contributed by atoms with van der Waals surface area (Å²) in [6.07, 6.45) is 4.01. The van der Waals surface area contributed by atoms with Crippen molar-refractivity contribution < 1.29 is 4.74 Å². The maximum atomic E-state index is 12.5. The van der Waals surface area contributed by atoms with Gasteiger partial charge in [-0.15, -0.1) is 0 Å². The molecule has 4 nitrogen and oxygen atoms in total. The molecule has 0 amide bonds. The zero-order valence-electron chi connectivity index (χ0n) is 13.7. The minimum atomic E-state index is -0.104. The molecule has 0 spiro atoms. The Labute approximate surface area is 145 Å². The summed E-state index contributed by atoms with van der Waals surface area (Å²) in [5.74, 6) is 0.716. The van der Waals surface area contributed by atoms with Crippen LogP contribution >= 0.6 is 0 Å². The van der Waals surface area contributed by atoms with E-state index in [1.165, 1.54) is 0 Å². The van der Waals surface area contributed by atoms with Gasteiger partial charge in [0.1, 0.15) is 6.61 Å². The Morgan fingerprint density at radius 2 is 1.52 bits per heavy atom. The fourth-order valence-electron chi connectivity index (χ4n) is 2.98. The number of aromatic amines is 1. The summed E-state index contributed by atoms with van der Waals surface area (Å²) < 4.78 is 8.21. The van der Waals surface area contributed by atoms with Crippen LogP contribution in [0.25, 0.3) is 22.0 Å². The van der Waals surface area contributed by atoms with Gasteiger partial charge in [0, 0.05) is 23.3 Å². The molecule has 0 aliphatic carbocycles. The van der Waals surface area contributed by atoms with Crippen molar-refractivity contribution in [2.45, 2.75) is 6.54 Å². The first-order chi connectivity index (χ1) is 12.3. The summed E-state index contributed by atoms with van der Waals surface area (Å²) in [6, 6.07) is 21.3. The zero-order valence-corrected chi connectivity index (χ0v) is 13.7. The van der Waals surface area contributed by atoms with Crippen LogP contribution in [0.3, 0.4) is 0 Å². The molecule has 4 aromatic rings. The van der Waals surface area contributed by atoms with E-state index in [0.717, 1.165) is 23.2 Å². The molecule has 0 radical (unpaired) electrons. The Morgan fingerprint density at radius 3 is 2.28 bits per heavy atom. The van der Waals surface area contributed by atoms with Crippen molar-refractivity contribution in [3.05, 3.63) is 89.5 Å². The van der Waals surface area contributed by atoms with E-state index in [0.29, 0.717) is 17.7 Å². The van der Waals surface area contributed by atoms with Crippen LogP contribution in [0.2, 0.25) is 0 Å². The third-order valence-corrected chi connectivity index (χ3v) is 4.21. The van der Waals surface area contributed by atoms with Crippen LogP contribution in [0, 0.1) is 0 Å². The summed E-state index contributed by atoms with van der Waals surface area (Å²) >= 11 is 0. The van der Waals surface area contributed by atoms with E-state index in [-0.39, 0.29) is 5.56 Å². The van der Waals surface area contributed by atoms with Gasteiger partial charge in [-0.05, 0) is 18.2 Å². The monoisotopic (exact) mass is 330 g/mol. The Bertz CT molecular complexity index is 1030. The van der Waals surface area contributed by atoms with Gasteiger partial charge in [-0.3, -0.25) is 4.79 Å². The average Bonchev–Trinajstić information content (AvgIpc) is 3.18. The summed E-state index contributed by atoms with van der Waals surface area (Å²) in [7, 11) is 0. The molecular weight excluding hydrogens is 312 g/mol. The topological polar surface area (TPSA) is 47.0 Å². The van der Waals surface area contributed by atoms with E-state index in [9.17, 15) is 4.79 Å². The number of fused-ring (bicyclic) bond motifs is 1. The molecule has 0 unspecified atom stereocenters. The molecule has 0 fully saturated rings. The van der Waals surface area contributed by atoms with Crippen LogP contribution in [0.5, 0.6) is 5.75 Å². The predicted octanol–water partition coefficient (Wildman–Crippen LogP) is 4.08. The van der Waals surface area contributed by atoms with Crippen molar-refractivity contribution in [1.82, 2.24) is 9.55 Å². The van der Waals surface area contributed by atoms with Crippen molar-refractivity contribution in [1.29, 1.82) is 0 Å². The number of H-pyrrole nitrogens is 1. The van der Waals surface area contributed by atoms with Crippen molar-refractivity contribution in [3.8, 4) is 17.0 Å². The molecule has 0 saturated carbocycles. The van der Waals surface area contributed by atoms with Crippen molar-refractivity contribution >= 4 is 10.8 Å². The fraction of sp³-hybridized carbons (Fsp3) is 0.0952. The lowest BCUT2D eigenvalue weighted by Crippen LogP contribution is -2.12. The van der Waals surface area contributed by atoms with Crippen molar-refractivity contribution in [2.24, 2.45) is 0 Å². The maximum Gasteiger partial charge on any atom is 0.256 e. The molecule has 0 bridgehead atoms. The highest BCUT2D eigenvalue weighted by Crippen LogP contribution is 2.33. The van der Waals surface area contributed by atoms with E-state index in [4.69, 9.17) is 4.74 Å². The fourth-order valence-corrected chi connectivity index (χ4v) is 2.98. The van der Waals surface area contributed by atoms with Gasteiger partial charge >= 0.3 is 0 Å². The number of nitrogens with zero attached hydrogens (tertiary/aromatic N) is 1. The smallest absolute Gasteiger partial charge is 0.256 e. The SMILES string of the molecule is O=c1[nH]c(-c2ccccc2)c(OCCn2cccc2)c2ccccc12. The van der Waals surface area contributed by atoms with E-state index < -0.39 is 0 Å². The highest BCUT2D eigenvalue weighted by molar-refractivity contribution is 5.92. The van der Waals surface area contributed by atoms with Gasteiger partial charge in [0.2, 0.25) is 0 Å². The molecule has 25 heavy (non-hydrogen) atoms. The number of pyridine rings is 1. The van der Waals surface area contributed by atoms with Crippen LogP contribution in [-0.2, 0) is 6.54 Å². The number of aromatic nitrogens is 2. The third kappa shape index (κ3) is 3.06. The molecule has 1 N–H and O–H groups in total. The lowest BCUT2D eigenvalue weighted by Gasteiger charge is -2.15. The quantitative estimate of drug-likeness (QED) is 0.599. The number of benzene rings is 2. The molecule has 0 atom stereocenters. The lowest BCUT2D eigenvalue weighted by atomic mass is 10.1. The second-order valence-electron chi connectivity index (χ2n) is 5.84. The number of hydrogen-bond acceptors (Lipinski definition) is 2. The average molecular weight is 330 g/mol. The second-order valence-corrected chi connectivity index (χ2v) is 5.84. The molecule has 4 rings (SSSR count). The van der Waals surface area contributed by atoms with Gasteiger partial charge in [0.25, 0.3) is 5.56 Å². The number of ether oxygens (including phenoxy) is 1. The molecule has 0 aliphatic rings. The van der Waals surface area contributed by atoms with Gasteiger partial charge in [-0.2, -0.15) is 0 Å². The lowest BCUT2D eigenvalue weighted by molar-refractivity contribution is 0.302. The van der Waals surface area contributed by atoms with Crippen molar-refractivity contribution in [3.63, 3.8) is 0 Å². The molecular formula is C21H18N2O2. The highest BCUT2D eigenvalue weighted by Gasteiger charge is 2.14. The van der Waals surface area contributed by atoms with E-state index >= 15 is 0 Å². The summed E-state index contributed by atoms with van der Waals surface area (Å²) in [5.41, 5.74) is 1.55. The minimum absolute atomic E-state index is 0.104. The van der Waals surface area contributed by atoms with Crippen LogP contribution in [-0.4, -0.2) is 16.2 Å². The van der Waals surface area contributed by atoms with Gasteiger partial charge in [-0.1, -0.05) is 48.5 Å². The van der Waals surface area contributed by atoms with Gasteiger partial charge in [-0.25, -0.2) is 0 Å². The minimum Gasteiger partial charge on any atom is -0.489 e. The van der Waals surface area contributed by atoms with Crippen LogP contribution in [0.1, 0.15) is 0 Å². The molecule has 0 aliphatic heterocycles. The first-order valence-electron chi connectivity index (χ1n) is 8.27. The molecule has 4 heteroatoms. The van der Waals surface area contributed by atoms with Gasteiger partial charge in [0.15, 0.2) is 5.75 Å². The predicted molar refractivity (Wildman–Crippen MR) is 99.9 cm³/mol.